The Balaban J connectivity index is 2.29. The summed E-state index contributed by atoms with van der Waals surface area (Å²) in [6.45, 7) is 1.90. The predicted octanol–water partition coefficient (Wildman–Crippen LogP) is 3.01. The summed E-state index contributed by atoms with van der Waals surface area (Å²) >= 11 is 7.36. The third-order valence-corrected chi connectivity index (χ3v) is 3.69. The zero-order chi connectivity index (χ0) is 12.7. The van der Waals surface area contributed by atoms with Gasteiger partial charge in [-0.2, -0.15) is 0 Å². The van der Waals surface area contributed by atoms with E-state index in [1.807, 2.05) is 12.3 Å². The van der Waals surface area contributed by atoms with E-state index >= 15 is 0 Å². The fraction of sp³-hybridized carbons (Fsp3) is 0.0833. The third kappa shape index (κ3) is 1.91. The molecule has 0 bridgehead atoms. The van der Waals surface area contributed by atoms with Crippen LogP contribution in [0.5, 0.6) is 0 Å². The lowest BCUT2D eigenvalue weighted by molar-refractivity contribution is 1.15. The van der Waals surface area contributed by atoms with Crippen molar-refractivity contribution in [2.75, 3.05) is 0 Å². The van der Waals surface area contributed by atoms with E-state index in [-0.39, 0.29) is 5.56 Å². The van der Waals surface area contributed by atoms with Crippen molar-refractivity contribution in [3.05, 3.63) is 44.6 Å². The molecule has 2 heterocycles. The van der Waals surface area contributed by atoms with Crippen molar-refractivity contribution in [3.63, 3.8) is 0 Å². The molecule has 3 aromatic rings. The first-order valence-electron chi connectivity index (χ1n) is 5.25. The number of nitrogens with zero attached hydrogens (tertiary/aromatic N) is 2. The van der Waals surface area contributed by atoms with Crippen molar-refractivity contribution in [1.82, 2.24) is 15.0 Å². The van der Waals surface area contributed by atoms with Crippen LogP contribution in [0, 0.1) is 6.92 Å². The van der Waals surface area contributed by atoms with Gasteiger partial charge < -0.3 is 4.98 Å². The van der Waals surface area contributed by atoms with Crippen LogP contribution in [0.4, 0.5) is 0 Å². The van der Waals surface area contributed by atoms with Crippen LogP contribution in [0.2, 0.25) is 5.02 Å². The van der Waals surface area contributed by atoms with Crippen molar-refractivity contribution in [3.8, 4) is 10.8 Å². The van der Waals surface area contributed by atoms with Gasteiger partial charge in [-0.05, 0) is 25.1 Å². The number of hydrogen-bond donors (Lipinski definition) is 1. The molecule has 0 amide bonds. The first kappa shape index (κ1) is 11.4. The Kier molecular flexibility index (Phi) is 2.65. The fourth-order valence-corrected chi connectivity index (χ4v) is 2.58. The van der Waals surface area contributed by atoms with Crippen LogP contribution in [0.1, 0.15) is 5.69 Å². The number of benzene rings is 1. The first-order chi connectivity index (χ1) is 8.63. The minimum Gasteiger partial charge on any atom is -0.304 e. The van der Waals surface area contributed by atoms with Crippen LogP contribution in [0.3, 0.4) is 0 Å². The van der Waals surface area contributed by atoms with Crippen molar-refractivity contribution < 1.29 is 0 Å². The van der Waals surface area contributed by atoms with Gasteiger partial charge in [-0.3, -0.25) is 4.79 Å². The predicted molar refractivity (Wildman–Crippen MR) is 73.2 cm³/mol. The highest BCUT2D eigenvalue weighted by molar-refractivity contribution is 7.13. The molecule has 0 atom stereocenters. The highest BCUT2D eigenvalue weighted by Gasteiger charge is 2.09. The first-order valence-corrected chi connectivity index (χ1v) is 6.51. The Bertz CT molecular complexity index is 793. The standard InChI is InChI=1S/C12H8ClN3OS/c1-6-5-18-12(14-6)10-15-9-4-7(13)2-3-8(9)11(17)16-10/h2-5H,1H3,(H,15,16,17). The summed E-state index contributed by atoms with van der Waals surface area (Å²) in [4.78, 5) is 23.4. The van der Waals surface area contributed by atoms with Gasteiger partial charge in [0.1, 0.15) is 0 Å². The Hall–Kier alpha value is -1.72. The minimum absolute atomic E-state index is 0.181. The number of rotatable bonds is 1. The number of fused-ring (bicyclic) bond motifs is 1. The molecule has 2 aromatic heterocycles. The lowest BCUT2D eigenvalue weighted by atomic mass is 10.2. The van der Waals surface area contributed by atoms with Gasteiger partial charge in [0.15, 0.2) is 10.8 Å². The molecular formula is C12H8ClN3OS. The smallest absolute Gasteiger partial charge is 0.259 e. The second-order valence-electron chi connectivity index (χ2n) is 3.87. The lowest BCUT2D eigenvalue weighted by Crippen LogP contribution is -2.09. The molecule has 0 aliphatic carbocycles. The monoisotopic (exact) mass is 277 g/mol. The fourth-order valence-electron chi connectivity index (χ4n) is 1.68. The van der Waals surface area contributed by atoms with Crippen molar-refractivity contribution in [2.45, 2.75) is 6.92 Å². The molecule has 0 saturated heterocycles. The maximum atomic E-state index is 11.9. The quantitative estimate of drug-likeness (QED) is 0.744. The van der Waals surface area contributed by atoms with Gasteiger partial charge in [-0.1, -0.05) is 11.6 Å². The number of aromatic amines is 1. The van der Waals surface area contributed by atoms with Crippen molar-refractivity contribution >= 4 is 33.8 Å². The van der Waals surface area contributed by atoms with Crippen LogP contribution < -0.4 is 5.56 Å². The van der Waals surface area contributed by atoms with E-state index in [0.717, 1.165) is 5.69 Å². The highest BCUT2D eigenvalue weighted by Crippen LogP contribution is 2.21. The molecule has 0 aliphatic rings. The number of thiazole rings is 1. The Morgan fingerprint density at radius 1 is 1.33 bits per heavy atom. The second-order valence-corrected chi connectivity index (χ2v) is 5.16. The molecule has 18 heavy (non-hydrogen) atoms. The van der Waals surface area contributed by atoms with Gasteiger partial charge in [0.2, 0.25) is 0 Å². The van der Waals surface area contributed by atoms with Gasteiger partial charge in [-0.25, -0.2) is 9.97 Å². The van der Waals surface area contributed by atoms with Crippen LogP contribution >= 0.6 is 22.9 Å². The number of aryl methyl sites for hydroxylation is 1. The average Bonchev–Trinajstić information content (AvgIpc) is 2.75. The van der Waals surface area contributed by atoms with Crippen LogP contribution in [0.15, 0.2) is 28.4 Å². The summed E-state index contributed by atoms with van der Waals surface area (Å²) < 4.78 is 0. The normalized spacial score (nSPS) is 11.0. The van der Waals surface area contributed by atoms with Crippen molar-refractivity contribution in [2.24, 2.45) is 0 Å². The Morgan fingerprint density at radius 2 is 2.17 bits per heavy atom. The molecule has 1 N–H and O–H groups in total. The van der Waals surface area contributed by atoms with Crippen molar-refractivity contribution in [1.29, 1.82) is 0 Å². The summed E-state index contributed by atoms with van der Waals surface area (Å²) in [5.74, 6) is 0.480. The van der Waals surface area contributed by atoms with Gasteiger partial charge in [0, 0.05) is 16.1 Å². The maximum absolute atomic E-state index is 11.9. The molecule has 1 aromatic carbocycles. The van der Waals surface area contributed by atoms with Gasteiger partial charge in [0.25, 0.3) is 5.56 Å². The van der Waals surface area contributed by atoms with E-state index in [1.165, 1.54) is 11.3 Å². The molecule has 0 aliphatic heterocycles. The summed E-state index contributed by atoms with van der Waals surface area (Å²) in [5, 5.41) is 3.70. The Labute approximate surface area is 111 Å². The highest BCUT2D eigenvalue weighted by atomic mass is 35.5. The zero-order valence-corrected chi connectivity index (χ0v) is 11.0. The zero-order valence-electron chi connectivity index (χ0n) is 9.40. The molecule has 90 valence electrons. The number of hydrogen-bond acceptors (Lipinski definition) is 4. The van der Waals surface area contributed by atoms with E-state index in [9.17, 15) is 4.79 Å². The average molecular weight is 278 g/mol. The summed E-state index contributed by atoms with van der Waals surface area (Å²) in [7, 11) is 0. The second kappa shape index (κ2) is 4.19. The molecular weight excluding hydrogens is 270 g/mol. The van der Waals surface area contributed by atoms with Crippen LogP contribution in [-0.2, 0) is 0 Å². The molecule has 0 saturated carbocycles. The van der Waals surface area contributed by atoms with E-state index < -0.39 is 0 Å². The topological polar surface area (TPSA) is 58.6 Å². The number of H-pyrrole nitrogens is 1. The molecule has 4 nitrogen and oxygen atoms in total. The van der Waals surface area contributed by atoms with E-state index in [0.29, 0.717) is 26.8 Å². The van der Waals surface area contributed by atoms with Gasteiger partial charge in [0.05, 0.1) is 10.9 Å². The summed E-state index contributed by atoms with van der Waals surface area (Å²) in [5.41, 5.74) is 1.30. The molecule has 0 spiro atoms. The Morgan fingerprint density at radius 3 is 2.89 bits per heavy atom. The summed E-state index contributed by atoms with van der Waals surface area (Å²) in [6, 6.07) is 5.02. The van der Waals surface area contributed by atoms with E-state index in [1.54, 1.807) is 18.2 Å². The largest absolute Gasteiger partial charge is 0.304 e. The molecule has 0 unspecified atom stereocenters. The lowest BCUT2D eigenvalue weighted by Gasteiger charge is -2.00. The molecule has 0 radical (unpaired) electrons. The van der Waals surface area contributed by atoms with E-state index in [4.69, 9.17) is 11.6 Å². The number of halogens is 1. The molecule has 0 fully saturated rings. The number of nitrogens with one attached hydrogen (secondary N) is 1. The van der Waals surface area contributed by atoms with Crippen LogP contribution in [0.25, 0.3) is 21.7 Å². The SMILES string of the molecule is Cc1csc(-c2nc3cc(Cl)ccc3c(=O)[nH]2)n1. The van der Waals surface area contributed by atoms with Gasteiger partial charge in [-0.15, -0.1) is 11.3 Å². The summed E-state index contributed by atoms with van der Waals surface area (Å²) in [6.07, 6.45) is 0. The molecule has 6 heteroatoms. The van der Waals surface area contributed by atoms with E-state index in [2.05, 4.69) is 15.0 Å². The number of aromatic nitrogens is 3. The maximum Gasteiger partial charge on any atom is 0.259 e. The molecule has 3 rings (SSSR count). The van der Waals surface area contributed by atoms with Crippen LogP contribution in [-0.4, -0.2) is 15.0 Å². The minimum atomic E-state index is -0.181. The third-order valence-electron chi connectivity index (χ3n) is 2.49. The van der Waals surface area contributed by atoms with Gasteiger partial charge >= 0.3 is 0 Å².